The third kappa shape index (κ3) is 5.44. The third-order valence-electron chi connectivity index (χ3n) is 5.60. The summed E-state index contributed by atoms with van der Waals surface area (Å²) in [6, 6.07) is 16.8. The van der Waals surface area contributed by atoms with E-state index in [1.54, 1.807) is 43.5 Å². The van der Waals surface area contributed by atoms with Crippen LogP contribution in [0.4, 0.5) is 17.6 Å². The second-order valence-electron chi connectivity index (χ2n) is 7.96. The van der Waals surface area contributed by atoms with E-state index in [0.29, 0.717) is 29.5 Å². The van der Waals surface area contributed by atoms with Crippen molar-refractivity contribution in [3.8, 4) is 5.75 Å². The summed E-state index contributed by atoms with van der Waals surface area (Å²) in [6.45, 7) is 1.78. The highest BCUT2D eigenvalue weighted by Crippen LogP contribution is 2.43. The van der Waals surface area contributed by atoms with Gasteiger partial charge in [0.1, 0.15) is 11.6 Å². The number of aryl methyl sites for hydroxylation is 3. The van der Waals surface area contributed by atoms with Gasteiger partial charge in [0.15, 0.2) is 0 Å². The smallest absolute Gasteiger partial charge is 0.416 e. The Morgan fingerprint density at radius 2 is 1.74 bits per heavy atom. The molecule has 3 aromatic carbocycles. The molecule has 0 saturated carbocycles. The molecule has 0 saturated heterocycles. The molecular weight excluding hydrogens is 464 g/mol. The zero-order valence-corrected chi connectivity index (χ0v) is 19.1. The molecule has 0 bridgehead atoms. The van der Waals surface area contributed by atoms with Gasteiger partial charge in [0.25, 0.3) is 0 Å². The van der Waals surface area contributed by atoms with Crippen LogP contribution in [0.15, 0.2) is 77.8 Å². The van der Waals surface area contributed by atoms with Gasteiger partial charge < -0.3 is 5.11 Å². The molecular formula is C26H22F4N2OS. The molecule has 8 heteroatoms. The molecule has 0 radical (unpaired) electrons. The van der Waals surface area contributed by atoms with Crippen LogP contribution >= 0.6 is 11.8 Å². The number of alkyl halides is 3. The summed E-state index contributed by atoms with van der Waals surface area (Å²) in [6.07, 6.45) is -1.82. The lowest BCUT2D eigenvalue weighted by Gasteiger charge is -2.19. The second kappa shape index (κ2) is 9.93. The minimum Gasteiger partial charge on any atom is -0.508 e. The van der Waals surface area contributed by atoms with Crippen LogP contribution in [0.1, 0.15) is 38.8 Å². The predicted molar refractivity (Wildman–Crippen MR) is 124 cm³/mol. The van der Waals surface area contributed by atoms with Crippen molar-refractivity contribution in [1.29, 1.82) is 0 Å². The van der Waals surface area contributed by atoms with Gasteiger partial charge in [0.2, 0.25) is 0 Å². The highest BCUT2D eigenvalue weighted by molar-refractivity contribution is 7.99. The van der Waals surface area contributed by atoms with Crippen molar-refractivity contribution in [2.24, 2.45) is 0 Å². The van der Waals surface area contributed by atoms with Crippen molar-refractivity contribution < 1.29 is 22.7 Å². The molecule has 3 nitrogen and oxygen atoms in total. The van der Waals surface area contributed by atoms with E-state index in [2.05, 4.69) is 10.2 Å². The van der Waals surface area contributed by atoms with E-state index >= 15 is 0 Å². The molecule has 2 N–H and O–H groups in total. The van der Waals surface area contributed by atoms with Crippen molar-refractivity contribution >= 4 is 11.8 Å². The van der Waals surface area contributed by atoms with Gasteiger partial charge in [-0.05, 0) is 72.9 Å². The summed E-state index contributed by atoms with van der Waals surface area (Å²) < 4.78 is 53.4. The monoisotopic (exact) mass is 486 g/mol. The van der Waals surface area contributed by atoms with Crippen molar-refractivity contribution in [1.82, 2.24) is 10.2 Å². The van der Waals surface area contributed by atoms with E-state index in [9.17, 15) is 22.7 Å². The van der Waals surface area contributed by atoms with Crippen molar-refractivity contribution in [2.75, 3.05) is 0 Å². The fraction of sp³-hybridized carbons (Fsp3) is 0.192. The number of phenolic OH excluding ortho intramolecular Hbond substituents is 1. The fourth-order valence-corrected chi connectivity index (χ4v) is 4.99. The van der Waals surface area contributed by atoms with Crippen LogP contribution < -0.4 is 0 Å². The zero-order valence-electron chi connectivity index (χ0n) is 18.2. The first-order valence-electron chi connectivity index (χ1n) is 10.6. The van der Waals surface area contributed by atoms with E-state index < -0.39 is 11.7 Å². The minimum absolute atomic E-state index is 0.171. The molecule has 0 aliphatic heterocycles. The van der Waals surface area contributed by atoms with Crippen molar-refractivity contribution in [2.45, 2.75) is 36.1 Å². The summed E-state index contributed by atoms with van der Waals surface area (Å²) in [4.78, 5) is 0.849. The zero-order chi connectivity index (χ0) is 24.3. The van der Waals surface area contributed by atoms with Crippen LogP contribution in [0.5, 0.6) is 5.75 Å². The molecule has 0 amide bonds. The van der Waals surface area contributed by atoms with Crippen LogP contribution in [0, 0.1) is 12.7 Å². The molecule has 0 aliphatic rings. The van der Waals surface area contributed by atoms with Crippen molar-refractivity contribution in [3.63, 3.8) is 0 Å². The maximum absolute atomic E-state index is 14.1. The van der Waals surface area contributed by atoms with Gasteiger partial charge in [0, 0.05) is 16.2 Å². The largest absolute Gasteiger partial charge is 0.508 e. The van der Waals surface area contributed by atoms with Gasteiger partial charge in [-0.1, -0.05) is 30.3 Å². The lowest BCUT2D eigenvalue weighted by molar-refractivity contribution is -0.137. The van der Waals surface area contributed by atoms with Gasteiger partial charge in [-0.15, -0.1) is 11.8 Å². The molecule has 176 valence electrons. The quantitative estimate of drug-likeness (QED) is 0.214. The van der Waals surface area contributed by atoms with Crippen LogP contribution in [-0.4, -0.2) is 15.3 Å². The Hall–Kier alpha value is -3.26. The van der Waals surface area contributed by atoms with E-state index in [0.717, 1.165) is 28.3 Å². The number of phenols is 1. The summed E-state index contributed by atoms with van der Waals surface area (Å²) in [5, 5.41) is 16.7. The molecule has 0 aliphatic carbocycles. The molecule has 0 fully saturated rings. The summed E-state index contributed by atoms with van der Waals surface area (Å²) in [5.41, 5.74) is 2.84. The van der Waals surface area contributed by atoms with Crippen LogP contribution in [0.25, 0.3) is 0 Å². The molecule has 1 unspecified atom stereocenters. The number of halogens is 4. The van der Waals surface area contributed by atoms with Gasteiger partial charge >= 0.3 is 6.18 Å². The van der Waals surface area contributed by atoms with Gasteiger partial charge in [-0.25, -0.2) is 4.39 Å². The highest BCUT2D eigenvalue weighted by atomic mass is 32.2. The first-order valence-corrected chi connectivity index (χ1v) is 11.5. The number of thioether (sulfide) groups is 1. The highest BCUT2D eigenvalue weighted by Gasteiger charge is 2.31. The maximum Gasteiger partial charge on any atom is 0.416 e. The number of aromatic hydroxyl groups is 1. The molecule has 1 atom stereocenters. The SMILES string of the molecule is Cc1cc(SC(c2ccc(C(F)(F)F)cc2)c2cn[nH]c2CCc2ccccc2F)ccc1O. The molecule has 0 spiro atoms. The lowest BCUT2D eigenvalue weighted by Crippen LogP contribution is -2.06. The number of aromatic amines is 1. The second-order valence-corrected chi connectivity index (χ2v) is 9.14. The number of aromatic nitrogens is 2. The van der Waals surface area contributed by atoms with E-state index in [1.807, 2.05) is 6.07 Å². The molecule has 1 aromatic heterocycles. The Morgan fingerprint density at radius 1 is 1.00 bits per heavy atom. The summed E-state index contributed by atoms with van der Waals surface area (Å²) in [7, 11) is 0. The Balaban J connectivity index is 1.68. The Bertz CT molecular complexity index is 1270. The lowest BCUT2D eigenvalue weighted by atomic mass is 10.00. The van der Waals surface area contributed by atoms with Crippen LogP contribution in [-0.2, 0) is 19.0 Å². The van der Waals surface area contributed by atoms with E-state index in [-0.39, 0.29) is 16.8 Å². The van der Waals surface area contributed by atoms with E-state index in [4.69, 9.17) is 0 Å². The Morgan fingerprint density at radius 3 is 2.41 bits per heavy atom. The molecule has 4 aromatic rings. The molecule has 34 heavy (non-hydrogen) atoms. The topological polar surface area (TPSA) is 48.9 Å². The average molecular weight is 487 g/mol. The Kier molecular flexibility index (Phi) is 6.97. The summed E-state index contributed by atoms with van der Waals surface area (Å²) >= 11 is 1.45. The maximum atomic E-state index is 14.1. The first kappa shape index (κ1) is 23.9. The normalized spacial score (nSPS) is 12.6. The number of hydrogen-bond donors (Lipinski definition) is 2. The third-order valence-corrected chi connectivity index (χ3v) is 6.89. The van der Waals surface area contributed by atoms with Gasteiger partial charge in [0.05, 0.1) is 17.0 Å². The average Bonchev–Trinajstić information content (AvgIpc) is 3.27. The number of nitrogens with zero attached hydrogens (tertiary/aromatic N) is 1. The number of H-pyrrole nitrogens is 1. The number of benzene rings is 3. The van der Waals surface area contributed by atoms with E-state index in [1.165, 1.54) is 30.0 Å². The molecule has 4 rings (SSSR count). The number of nitrogens with one attached hydrogen (secondary N) is 1. The predicted octanol–water partition coefficient (Wildman–Crippen LogP) is 7.25. The molecule has 1 heterocycles. The fourth-order valence-electron chi connectivity index (χ4n) is 3.70. The Labute approximate surface area is 198 Å². The number of rotatable bonds is 7. The summed E-state index contributed by atoms with van der Waals surface area (Å²) in [5.74, 6) is -0.110. The van der Waals surface area contributed by atoms with Gasteiger partial charge in [-0.2, -0.15) is 18.3 Å². The minimum atomic E-state index is -4.42. The van der Waals surface area contributed by atoms with Crippen molar-refractivity contribution in [3.05, 3.63) is 112 Å². The number of hydrogen-bond acceptors (Lipinski definition) is 3. The first-order chi connectivity index (χ1) is 16.2. The standard InChI is InChI=1S/C26H22F4N2OS/c1-16-14-20(11-13-24(16)33)34-25(18-6-9-19(10-7-18)26(28,29)30)21-15-31-32-23(21)12-8-17-4-2-3-5-22(17)27/h2-7,9-11,13-15,25,33H,8,12H2,1H3,(H,31,32). The van der Waals surface area contributed by atoms with Crippen LogP contribution in [0.3, 0.4) is 0 Å². The van der Waals surface area contributed by atoms with Crippen LogP contribution in [0.2, 0.25) is 0 Å². The van der Waals surface area contributed by atoms with Gasteiger partial charge in [-0.3, -0.25) is 5.10 Å².